The minimum atomic E-state index is -0.862. The molecule has 1 aliphatic rings. The fourth-order valence-electron chi connectivity index (χ4n) is 4.40. The van der Waals surface area contributed by atoms with E-state index in [1.54, 1.807) is 0 Å². The number of nitrogens with zero attached hydrogens (tertiary/aromatic N) is 1. The number of methoxy groups -OCH3 is 1. The van der Waals surface area contributed by atoms with E-state index in [0.29, 0.717) is 25.2 Å². The minimum Gasteiger partial charge on any atom is -0.503 e. The van der Waals surface area contributed by atoms with Crippen LogP contribution in [0.5, 0.6) is 17.2 Å². The average molecular weight is 485 g/mol. The number of aromatic nitrogens is 1. The van der Waals surface area contributed by atoms with Crippen LogP contribution in [0.25, 0.3) is 0 Å². The molecule has 1 amide bonds. The molecule has 190 valence electrons. The van der Waals surface area contributed by atoms with Crippen LogP contribution in [-0.2, 0) is 9.53 Å². The summed E-state index contributed by atoms with van der Waals surface area (Å²) in [5.41, 5.74) is -0.204. The van der Waals surface area contributed by atoms with Crippen molar-refractivity contribution in [2.24, 2.45) is 11.8 Å². The molecule has 0 spiro atoms. The van der Waals surface area contributed by atoms with Crippen molar-refractivity contribution in [2.75, 3.05) is 7.11 Å². The summed E-state index contributed by atoms with van der Waals surface area (Å²) in [4.78, 5) is 29.9. The SMILES string of the molecule is COc1ccnc(C(=O)N[C@H]2CCC[C@H](Oc3ccccc3)[C@@H](CCC(C)C)[C@H](C)OC2=O)c1O. The number of cyclic esters (lactones) is 1. The van der Waals surface area contributed by atoms with Crippen LogP contribution >= 0.6 is 0 Å². The third kappa shape index (κ3) is 7.10. The molecule has 1 aromatic carbocycles. The molecule has 2 N–H and O–H groups in total. The molecule has 0 aliphatic carbocycles. The van der Waals surface area contributed by atoms with E-state index in [2.05, 4.69) is 24.1 Å². The van der Waals surface area contributed by atoms with Crippen LogP contribution in [-0.4, -0.2) is 47.3 Å². The van der Waals surface area contributed by atoms with Crippen LogP contribution in [0, 0.1) is 11.8 Å². The van der Waals surface area contributed by atoms with Crippen LogP contribution in [0.4, 0.5) is 0 Å². The lowest BCUT2D eigenvalue weighted by Gasteiger charge is -2.32. The first-order valence-electron chi connectivity index (χ1n) is 12.2. The van der Waals surface area contributed by atoms with Crippen LogP contribution in [0.3, 0.4) is 0 Å². The average Bonchev–Trinajstić information content (AvgIpc) is 2.87. The molecule has 1 aliphatic heterocycles. The highest BCUT2D eigenvalue weighted by molar-refractivity contribution is 5.97. The zero-order chi connectivity index (χ0) is 25.4. The number of hydrogen-bond acceptors (Lipinski definition) is 7. The van der Waals surface area contributed by atoms with Crippen molar-refractivity contribution in [3.63, 3.8) is 0 Å². The number of amides is 1. The second-order valence-electron chi connectivity index (χ2n) is 9.41. The van der Waals surface area contributed by atoms with Gasteiger partial charge in [0, 0.05) is 18.2 Å². The minimum absolute atomic E-state index is 0.0140. The second-order valence-corrected chi connectivity index (χ2v) is 9.41. The Labute approximate surface area is 207 Å². The number of para-hydroxylation sites is 1. The van der Waals surface area contributed by atoms with Gasteiger partial charge in [-0.1, -0.05) is 38.5 Å². The Morgan fingerprint density at radius 1 is 1.23 bits per heavy atom. The summed E-state index contributed by atoms with van der Waals surface area (Å²) in [6.07, 6.45) is 4.45. The van der Waals surface area contributed by atoms with E-state index in [1.165, 1.54) is 19.4 Å². The molecule has 4 atom stereocenters. The third-order valence-electron chi connectivity index (χ3n) is 6.38. The summed E-state index contributed by atoms with van der Waals surface area (Å²) in [5, 5.41) is 13.0. The quantitative estimate of drug-likeness (QED) is 0.531. The van der Waals surface area contributed by atoms with Crippen LogP contribution in [0.2, 0.25) is 0 Å². The summed E-state index contributed by atoms with van der Waals surface area (Å²) in [7, 11) is 1.39. The predicted molar refractivity (Wildman–Crippen MR) is 132 cm³/mol. The highest BCUT2D eigenvalue weighted by atomic mass is 16.5. The van der Waals surface area contributed by atoms with E-state index in [4.69, 9.17) is 14.2 Å². The number of hydrogen-bond donors (Lipinski definition) is 2. The number of esters is 1. The number of ether oxygens (including phenoxy) is 3. The maximum absolute atomic E-state index is 13.1. The van der Waals surface area contributed by atoms with Crippen molar-refractivity contribution in [1.82, 2.24) is 10.3 Å². The van der Waals surface area contributed by atoms with E-state index in [1.807, 2.05) is 37.3 Å². The van der Waals surface area contributed by atoms with Crippen molar-refractivity contribution >= 4 is 11.9 Å². The van der Waals surface area contributed by atoms with Gasteiger partial charge in [0.2, 0.25) is 0 Å². The van der Waals surface area contributed by atoms with E-state index in [9.17, 15) is 14.7 Å². The number of carbonyl (C=O) groups is 2. The Hall–Kier alpha value is -3.29. The molecule has 3 rings (SSSR count). The summed E-state index contributed by atoms with van der Waals surface area (Å²) in [5.74, 6) is -0.0914. The number of benzene rings is 1. The zero-order valence-electron chi connectivity index (χ0n) is 20.9. The Balaban J connectivity index is 1.77. The van der Waals surface area contributed by atoms with Crippen LogP contribution in [0.15, 0.2) is 42.6 Å². The van der Waals surface area contributed by atoms with E-state index in [0.717, 1.165) is 18.6 Å². The molecule has 8 heteroatoms. The number of nitrogens with one attached hydrogen (secondary N) is 1. The molecule has 1 saturated heterocycles. The lowest BCUT2D eigenvalue weighted by atomic mass is 9.86. The number of carbonyl (C=O) groups excluding carboxylic acids is 2. The highest BCUT2D eigenvalue weighted by Gasteiger charge is 2.35. The van der Waals surface area contributed by atoms with E-state index >= 15 is 0 Å². The van der Waals surface area contributed by atoms with Crippen LogP contribution < -0.4 is 14.8 Å². The van der Waals surface area contributed by atoms with Crippen molar-refractivity contribution in [3.05, 3.63) is 48.3 Å². The topological polar surface area (TPSA) is 107 Å². The van der Waals surface area contributed by atoms with Gasteiger partial charge < -0.3 is 24.6 Å². The summed E-state index contributed by atoms with van der Waals surface area (Å²) in [6, 6.07) is 10.3. The van der Waals surface area contributed by atoms with E-state index in [-0.39, 0.29) is 29.2 Å². The molecule has 1 aromatic heterocycles. The Bertz CT molecular complexity index is 981. The molecule has 35 heavy (non-hydrogen) atoms. The monoisotopic (exact) mass is 484 g/mol. The molecular formula is C27H36N2O6. The van der Waals surface area contributed by atoms with E-state index < -0.39 is 24.0 Å². The van der Waals surface area contributed by atoms with Crippen molar-refractivity contribution in [3.8, 4) is 17.2 Å². The largest absolute Gasteiger partial charge is 0.503 e. The molecule has 8 nitrogen and oxygen atoms in total. The fraction of sp³-hybridized carbons (Fsp3) is 0.519. The van der Waals surface area contributed by atoms with Gasteiger partial charge >= 0.3 is 5.97 Å². The summed E-state index contributed by atoms with van der Waals surface area (Å²) < 4.78 is 17.3. The molecule has 0 saturated carbocycles. The standard InChI is InChI=1S/C27H36N2O6/c1-17(2)13-14-20-18(3)34-27(32)21(11-8-12-22(20)35-19-9-6-5-7-10-19)29-26(31)24-25(30)23(33-4)15-16-28-24/h5-7,9-10,15-18,20-22,30H,8,11-14H2,1-4H3,(H,29,31)/t18-,20-,21-,22-/m0/s1. The van der Waals surface area contributed by atoms with Crippen LogP contribution in [0.1, 0.15) is 63.4 Å². The molecule has 0 radical (unpaired) electrons. The van der Waals surface area contributed by atoms with Gasteiger partial charge in [-0.3, -0.25) is 4.79 Å². The summed E-state index contributed by atoms with van der Waals surface area (Å²) in [6.45, 7) is 6.24. The Kier molecular flexibility index (Phi) is 9.34. The van der Waals surface area contributed by atoms with Crippen molar-refractivity contribution < 1.29 is 28.9 Å². The molecule has 0 unspecified atom stereocenters. The normalized spacial score (nSPS) is 22.9. The van der Waals surface area contributed by atoms with Crippen molar-refractivity contribution in [1.29, 1.82) is 0 Å². The molecular weight excluding hydrogens is 448 g/mol. The number of pyridine rings is 1. The van der Waals surface area contributed by atoms with Gasteiger partial charge in [-0.15, -0.1) is 0 Å². The van der Waals surface area contributed by atoms with Gasteiger partial charge in [-0.25, -0.2) is 9.78 Å². The first kappa shape index (κ1) is 26.3. The smallest absolute Gasteiger partial charge is 0.328 e. The van der Waals surface area contributed by atoms with Gasteiger partial charge in [0.05, 0.1) is 7.11 Å². The van der Waals surface area contributed by atoms with Gasteiger partial charge in [0.15, 0.2) is 17.2 Å². The lowest BCUT2D eigenvalue weighted by Crippen LogP contribution is -2.44. The molecule has 0 bridgehead atoms. The maximum atomic E-state index is 13.1. The van der Waals surface area contributed by atoms with Gasteiger partial charge in [-0.2, -0.15) is 0 Å². The Morgan fingerprint density at radius 3 is 2.66 bits per heavy atom. The molecule has 1 fully saturated rings. The second kappa shape index (κ2) is 12.4. The Morgan fingerprint density at radius 2 is 1.97 bits per heavy atom. The molecule has 2 aromatic rings. The molecule has 2 heterocycles. The van der Waals surface area contributed by atoms with Gasteiger partial charge in [0.25, 0.3) is 5.91 Å². The number of rotatable bonds is 8. The zero-order valence-corrected chi connectivity index (χ0v) is 20.9. The third-order valence-corrected chi connectivity index (χ3v) is 6.38. The predicted octanol–water partition coefficient (Wildman–Crippen LogP) is 4.51. The fourth-order valence-corrected chi connectivity index (χ4v) is 4.40. The van der Waals surface area contributed by atoms with Gasteiger partial charge in [-0.05, 0) is 50.7 Å². The first-order chi connectivity index (χ1) is 16.8. The number of aromatic hydroxyl groups is 1. The van der Waals surface area contributed by atoms with Gasteiger partial charge in [0.1, 0.15) is 24.0 Å². The first-order valence-corrected chi connectivity index (χ1v) is 12.2. The summed E-state index contributed by atoms with van der Waals surface area (Å²) >= 11 is 0. The van der Waals surface area contributed by atoms with Crippen molar-refractivity contribution in [2.45, 2.75) is 71.1 Å². The maximum Gasteiger partial charge on any atom is 0.328 e. The highest BCUT2D eigenvalue weighted by Crippen LogP contribution is 2.31. The lowest BCUT2D eigenvalue weighted by molar-refractivity contribution is -0.154.